The molecule has 1 radical (unpaired) electrons. The smallest absolute Gasteiger partial charge is 0.293 e. The first-order valence-electron chi connectivity index (χ1n) is 6.00. The van der Waals surface area contributed by atoms with Gasteiger partial charge in [0.2, 0.25) is 0 Å². The van der Waals surface area contributed by atoms with E-state index in [9.17, 15) is 4.79 Å². The summed E-state index contributed by atoms with van der Waals surface area (Å²) in [7, 11) is 0. The molecule has 0 spiro atoms. The van der Waals surface area contributed by atoms with Crippen molar-refractivity contribution in [1.29, 1.82) is 0 Å². The highest BCUT2D eigenvalue weighted by Crippen LogP contribution is 2.07. The first kappa shape index (κ1) is 13.7. The SMILES string of the molecule is [CH2]CCCCOOC(=O)c1ccc(CC)cc1. The number of carbonyl (C=O) groups is 1. The fourth-order valence-electron chi connectivity index (χ4n) is 1.36. The third-order valence-corrected chi connectivity index (χ3v) is 2.46. The van der Waals surface area contributed by atoms with Gasteiger partial charge in [-0.25, -0.2) is 4.79 Å². The van der Waals surface area contributed by atoms with E-state index in [1.165, 1.54) is 5.56 Å². The number of aryl methyl sites for hydroxylation is 1. The molecule has 93 valence electrons. The van der Waals surface area contributed by atoms with Gasteiger partial charge in [0.1, 0.15) is 0 Å². The molecular formula is C14H19O3. The highest BCUT2D eigenvalue weighted by atomic mass is 17.2. The molecule has 0 unspecified atom stereocenters. The van der Waals surface area contributed by atoms with E-state index in [0.717, 1.165) is 25.7 Å². The van der Waals surface area contributed by atoms with Gasteiger partial charge >= 0.3 is 5.97 Å². The lowest BCUT2D eigenvalue weighted by Gasteiger charge is -2.04. The molecule has 0 aliphatic rings. The molecule has 1 aromatic carbocycles. The first-order chi connectivity index (χ1) is 8.27. The molecule has 0 heterocycles. The van der Waals surface area contributed by atoms with Gasteiger partial charge < -0.3 is 0 Å². The van der Waals surface area contributed by atoms with E-state index < -0.39 is 5.97 Å². The van der Waals surface area contributed by atoms with E-state index in [0.29, 0.717) is 12.2 Å². The summed E-state index contributed by atoms with van der Waals surface area (Å²) in [4.78, 5) is 21.0. The minimum absolute atomic E-state index is 0.425. The van der Waals surface area contributed by atoms with Crippen LogP contribution in [0.15, 0.2) is 24.3 Å². The van der Waals surface area contributed by atoms with Crippen molar-refractivity contribution in [2.45, 2.75) is 32.6 Å². The third kappa shape index (κ3) is 5.00. The fourth-order valence-corrected chi connectivity index (χ4v) is 1.36. The van der Waals surface area contributed by atoms with Crippen LogP contribution in [0.25, 0.3) is 0 Å². The summed E-state index contributed by atoms with van der Waals surface area (Å²) < 4.78 is 0. The Morgan fingerprint density at radius 3 is 2.53 bits per heavy atom. The van der Waals surface area contributed by atoms with Gasteiger partial charge in [0, 0.05) is 0 Å². The van der Waals surface area contributed by atoms with Crippen LogP contribution < -0.4 is 0 Å². The highest BCUT2D eigenvalue weighted by Gasteiger charge is 2.07. The van der Waals surface area contributed by atoms with Crippen molar-refractivity contribution in [1.82, 2.24) is 0 Å². The number of carbonyl (C=O) groups excluding carboxylic acids is 1. The maximum Gasteiger partial charge on any atom is 0.373 e. The summed E-state index contributed by atoms with van der Waals surface area (Å²) >= 11 is 0. The predicted octanol–water partition coefficient (Wildman–Crippen LogP) is 3.34. The zero-order valence-electron chi connectivity index (χ0n) is 10.3. The number of unbranched alkanes of at least 4 members (excludes halogenated alkanes) is 2. The molecule has 0 N–H and O–H groups in total. The van der Waals surface area contributed by atoms with Crippen molar-refractivity contribution in [2.24, 2.45) is 0 Å². The Kier molecular flexibility index (Phi) is 6.33. The summed E-state index contributed by atoms with van der Waals surface area (Å²) in [5.74, 6) is -0.442. The summed E-state index contributed by atoms with van der Waals surface area (Å²) in [6, 6.07) is 7.33. The van der Waals surface area contributed by atoms with Crippen molar-refractivity contribution >= 4 is 5.97 Å². The van der Waals surface area contributed by atoms with E-state index in [4.69, 9.17) is 4.89 Å². The maximum absolute atomic E-state index is 11.5. The number of hydrogen-bond donors (Lipinski definition) is 0. The zero-order valence-corrected chi connectivity index (χ0v) is 10.3. The third-order valence-electron chi connectivity index (χ3n) is 2.46. The lowest BCUT2D eigenvalue weighted by molar-refractivity contribution is -0.241. The maximum atomic E-state index is 11.5. The average Bonchev–Trinajstić information content (AvgIpc) is 2.38. The van der Waals surface area contributed by atoms with Crippen LogP contribution in [0.4, 0.5) is 0 Å². The number of rotatable bonds is 7. The molecule has 1 aromatic rings. The Bertz CT molecular complexity index is 330. The molecule has 0 aliphatic carbocycles. The van der Waals surface area contributed by atoms with Gasteiger partial charge in [-0.3, -0.25) is 4.89 Å². The Morgan fingerprint density at radius 1 is 1.24 bits per heavy atom. The van der Waals surface area contributed by atoms with Crippen LogP contribution in [0, 0.1) is 6.92 Å². The van der Waals surface area contributed by atoms with Crippen LogP contribution in [0.3, 0.4) is 0 Å². The summed E-state index contributed by atoms with van der Waals surface area (Å²) in [5.41, 5.74) is 1.71. The van der Waals surface area contributed by atoms with Gasteiger partial charge in [-0.1, -0.05) is 38.8 Å². The molecule has 17 heavy (non-hydrogen) atoms. The van der Waals surface area contributed by atoms with E-state index in [2.05, 4.69) is 18.7 Å². The Balaban J connectivity index is 2.31. The van der Waals surface area contributed by atoms with Gasteiger partial charge in [-0.2, -0.15) is 4.89 Å². The van der Waals surface area contributed by atoms with Gasteiger partial charge in [0.15, 0.2) is 0 Å². The Hall–Kier alpha value is -1.35. The quantitative estimate of drug-likeness (QED) is 0.413. The molecule has 0 aromatic heterocycles. The van der Waals surface area contributed by atoms with E-state index in [-0.39, 0.29) is 0 Å². The summed E-state index contributed by atoms with van der Waals surface area (Å²) in [6.45, 7) is 6.21. The second-order valence-electron chi connectivity index (χ2n) is 3.80. The normalized spacial score (nSPS) is 10.2. The molecule has 0 atom stereocenters. The molecule has 0 bridgehead atoms. The molecule has 0 saturated heterocycles. The molecular weight excluding hydrogens is 216 g/mol. The van der Waals surface area contributed by atoms with Gasteiger partial charge in [-0.05, 0) is 30.5 Å². The van der Waals surface area contributed by atoms with Gasteiger partial charge in [0.25, 0.3) is 0 Å². The average molecular weight is 235 g/mol. The summed E-state index contributed by atoms with van der Waals surface area (Å²) in [6.07, 6.45) is 3.65. The lowest BCUT2D eigenvalue weighted by Crippen LogP contribution is -2.07. The number of hydrogen-bond acceptors (Lipinski definition) is 3. The van der Waals surface area contributed by atoms with Crippen LogP contribution in [-0.2, 0) is 16.2 Å². The zero-order chi connectivity index (χ0) is 12.5. The van der Waals surface area contributed by atoms with E-state index in [1.54, 1.807) is 12.1 Å². The second-order valence-corrected chi connectivity index (χ2v) is 3.80. The van der Waals surface area contributed by atoms with Crippen molar-refractivity contribution in [2.75, 3.05) is 6.61 Å². The molecule has 1 rings (SSSR count). The van der Waals surface area contributed by atoms with Crippen molar-refractivity contribution in [3.05, 3.63) is 42.3 Å². The Morgan fingerprint density at radius 2 is 1.94 bits per heavy atom. The van der Waals surface area contributed by atoms with Crippen LogP contribution in [0.5, 0.6) is 0 Å². The van der Waals surface area contributed by atoms with Crippen LogP contribution in [-0.4, -0.2) is 12.6 Å². The highest BCUT2D eigenvalue weighted by molar-refractivity contribution is 5.88. The predicted molar refractivity (Wildman–Crippen MR) is 66.4 cm³/mol. The van der Waals surface area contributed by atoms with Crippen molar-refractivity contribution in [3.63, 3.8) is 0 Å². The standard InChI is InChI=1S/C14H19O3/c1-3-5-6-11-16-17-14(15)13-9-7-12(4-2)8-10-13/h7-10H,1,3-6,11H2,2H3. The van der Waals surface area contributed by atoms with Crippen molar-refractivity contribution in [3.8, 4) is 0 Å². The largest absolute Gasteiger partial charge is 0.373 e. The molecule has 0 aliphatic heterocycles. The molecule has 0 saturated carbocycles. The van der Waals surface area contributed by atoms with Crippen LogP contribution >= 0.6 is 0 Å². The first-order valence-corrected chi connectivity index (χ1v) is 6.00. The fraction of sp³-hybridized carbons (Fsp3) is 0.429. The second kappa shape index (κ2) is 7.85. The van der Waals surface area contributed by atoms with E-state index >= 15 is 0 Å². The minimum atomic E-state index is -0.442. The van der Waals surface area contributed by atoms with Gasteiger partial charge in [0.05, 0.1) is 12.2 Å². The van der Waals surface area contributed by atoms with Crippen LogP contribution in [0.2, 0.25) is 0 Å². The Labute approximate surface area is 103 Å². The molecule has 0 amide bonds. The van der Waals surface area contributed by atoms with Gasteiger partial charge in [-0.15, -0.1) is 0 Å². The molecule has 3 nitrogen and oxygen atoms in total. The molecule has 3 heteroatoms. The monoisotopic (exact) mass is 235 g/mol. The summed E-state index contributed by atoms with van der Waals surface area (Å²) in [5, 5.41) is 0. The van der Waals surface area contributed by atoms with Crippen LogP contribution in [0.1, 0.15) is 42.1 Å². The van der Waals surface area contributed by atoms with Crippen molar-refractivity contribution < 1.29 is 14.6 Å². The topological polar surface area (TPSA) is 35.5 Å². The minimum Gasteiger partial charge on any atom is -0.293 e. The number of benzene rings is 1. The van der Waals surface area contributed by atoms with E-state index in [1.807, 2.05) is 12.1 Å². The lowest BCUT2D eigenvalue weighted by atomic mass is 10.1. The molecule has 0 fully saturated rings.